The molecule has 30 heavy (non-hydrogen) atoms. The molecule has 8 nitrogen and oxygen atoms in total. The zero-order chi connectivity index (χ0) is 21.3. The second-order valence-corrected chi connectivity index (χ2v) is 7.73. The van der Waals surface area contributed by atoms with Gasteiger partial charge in [0.15, 0.2) is 5.78 Å². The highest BCUT2D eigenvalue weighted by Gasteiger charge is 2.25. The number of hydrogen-bond donors (Lipinski definition) is 2. The smallest absolute Gasteiger partial charge is 0.339 e. The van der Waals surface area contributed by atoms with Crippen LogP contribution in [0.25, 0.3) is 11.0 Å². The highest BCUT2D eigenvalue weighted by Crippen LogP contribution is 2.21. The molecule has 3 heterocycles. The second kappa shape index (κ2) is 8.31. The van der Waals surface area contributed by atoms with E-state index < -0.39 is 5.97 Å². The molecule has 4 rings (SSSR count). The van der Waals surface area contributed by atoms with Crippen LogP contribution in [0.15, 0.2) is 24.3 Å². The summed E-state index contributed by atoms with van der Waals surface area (Å²) in [5.41, 5.74) is 4.25. The first-order chi connectivity index (χ1) is 14.5. The largest absolute Gasteiger partial charge is 0.465 e. The van der Waals surface area contributed by atoms with Gasteiger partial charge in [0.1, 0.15) is 0 Å². The summed E-state index contributed by atoms with van der Waals surface area (Å²) in [7, 11) is 1.35. The van der Waals surface area contributed by atoms with Gasteiger partial charge < -0.3 is 19.6 Å². The number of carbonyl (C=O) groups excluding carboxylic acids is 2. The Balaban J connectivity index is 1.43. The number of H-pyrrole nitrogens is 2. The Bertz CT molecular complexity index is 1050. The van der Waals surface area contributed by atoms with Gasteiger partial charge in [-0.2, -0.15) is 0 Å². The van der Waals surface area contributed by atoms with Crippen molar-refractivity contribution in [1.82, 2.24) is 19.9 Å². The standard InChI is InChI=1S/C22H27N5O3/c1-14-19(21(29)30-3)15(2)23-20(14)18(28)13-26-9-6-10-27(12-11-26)22-24-16-7-4-5-8-17(16)25-22/h4-5,7-8,23H,6,9-13H2,1-3H3,(H,24,25). The van der Waals surface area contributed by atoms with Crippen LogP contribution < -0.4 is 4.90 Å². The van der Waals surface area contributed by atoms with Crippen LogP contribution in [0.5, 0.6) is 0 Å². The number of Topliss-reactive ketones (excluding diaryl/α,β-unsaturated/α-hetero) is 1. The fraction of sp³-hybridized carbons (Fsp3) is 0.409. The molecule has 2 aromatic heterocycles. The van der Waals surface area contributed by atoms with E-state index in [4.69, 9.17) is 9.72 Å². The number of ether oxygens (including phenoxy) is 1. The number of fused-ring (bicyclic) bond motifs is 1. The fourth-order valence-electron chi connectivity index (χ4n) is 4.15. The van der Waals surface area contributed by atoms with Crippen molar-refractivity contribution in [2.24, 2.45) is 0 Å². The van der Waals surface area contributed by atoms with E-state index in [0.717, 1.165) is 49.6 Å². The molecule has 3 aromatic rings. The van der Waals surface area contributed by atoms with E-state index >= 15 is 0 Å². The zero-order valence-corrected chi connectivity index (χ0v) is 17.6. The first kappa shape index (κ1) is 20.2. The van der Waals surface area contributed by atoms with Crippen molar-refractivity contribution >= 4 is 28.7 Å². The maximum absolute atomic E-state index is 12.9. The van der Waals surface area contributed by atoms with Crippen LogP contribution in [0.1, 0.15) is 38.5 Å². The monoisotopic (exact) mass is 409 g/mol. The number of hydrogen-bond acceptors (Lipinski definition) is 6. The highest BCUT2D eigenvalue weighted by molar-refractivity contribution is 6.02. The number of aromatic amines is 2. The lowest BCUT2D eigenvalue weighted by Gasteiger charge is -2.21. The Morgan fingerprint density at radius 3 is 2.67 bits per heavy atom. The van der Waals surface area contributed by atoms with E-state index in [9.17, 15) is 9.59 Å². The van der Waals surface area contributed by atoms with Gasteiger partial charge in [0.25, 0.3) is 0 Å². The summed E-state index contributed by atoms with van der Waals surface area (Å²) in [6.07, 6.45) is 0.945. The lowest BCUT2D eigenvalue weighted by atomic mass is 10.1. The number of nitrogens with one attached hydrogen (secondary N) is 2. The number of benzene rings is 1. The molecule has 1 fully saturated rings. The van der Waals surface area contributed by atoms with E-state index in [1.165, 1.54) is 7.11 Å². The third-order valence-corrected chi connectivity index (χ3v) is 5.74. The average Bonchev–Trinajstić information content (AvgIpc) is 3.20. The number of imidazole rings is 1. The predicted molar refractivity (Wildman–Crippen MR) is 115 cm³/mol. The van der Waals surface area contributed by atoms with Crippen molar-refractivity contribution in [3.05, 3.63) is 46.8 Å². The van der Waals surface area contributed by atoms with Gasteiger partial charge in [-0.15, -0.1) is 0 Å². The minimum Gasteiger partial charge on any atom is -0.465 e. The van der Waals surface area contributed by atoms with Crippen molar-refractivity contribution in [3.8, 4) is 0 Å². The van der Waals surface area contributed by atoms with Crippen LogP contribution in [0.4, 0.5) is 5.95 Å². The molecule has 0 aliphatic carbocycles. The molecule has 2 N–H and O–H groups in total. The lowest BCUT2D eigenvalue weighted by Crippen LogP contribution is -2.34. The van der Waals surface area contributed by atoms with E-state index in [1.54, 1.807) is 13.8 Å². The van der Waals surface area contributed by atoms with Gasteiger partial charge in [-0.3, -0.25) is 9.69 Å². The van der Waals surface area contributed by atoms with Gasteiger partial charge in [-0.1, -0.05) is 12.1 Å². The molecular weight excluding hydrogens is 382 g/mol. The first-order valence-corrected chi connectivity index (χ1v) is 10.2. The molecule has 8 heteroatoms. The van der Waals surface area contributed by atoms with E-state index in [0.29, 0.717) is 29.1 Å². The first-order valence-electron chi connectivity index (χ1n) is 10.2. The van der Waals surface area contributed by atoms with Gasteiger partial charge in [0.05, 0.1) is 35.9 Å². The second-order valence-electron chi connectivity index (χ2n) is 7.73. The van der Waals surface area contributed by atoms with Gasteiger partial charge in [0.2, 0.25) is 5.95 Å². The van der Waals surface area contributed by atoms with Crippen molar-refractivity contribution in [1.29, 1.82) is 0 Å². The molecule has 1 aromatic carbocycles. The number of methoxy groups -OCH3 is 1. The SMILES string of the molecule is COC(=O)c1c(C)[nH]c(C(=O)CN2CCCN(c3nc4ccccc4[nH]3)CC2)c1C. The van der Waals surface area contributed by atoms with E-state index in [-0.39, 0.29) is 5.78 Å². The minimum absolute atomic E-state index is 0.0112. The molecular formula is C22H27N5O3. The molecule has 1 saturated heterocycles. The lowest BCUT2D eigenvalue weighted by molar-refractivity contribution is 0.0599. The number of aromatic nitrogens is 3. The number of ketones is 1. The maximum atomic E-state index is 12.9. The zero-order valence-electron chi connectivity index (χ0n) is 17.6. The average molecular weight is 409 g/mol. The van der Waals surface area contributed by atoms with E-state index in [1.807, 2.05) is 24.3 Å². The summed E-state index contributed by atoms with van der Waals surface area (Å²) in [6, 6.07) is 8.01. The van der Waals surface area contributed by atoms with Crippen molar-refractivity contribution in [3.63, 3.8) is 0 Å². The third kappa shape index (κ3) is 3.82. The van der Waals surface area contributed by atoms with Crippen molar-refractivity contribution < 1.29 is 14.3 Å². The predicted octanol–water partition coefficient (Wildman–Crippen LogP) is 2.69. The van der Waals surface area contributed by atoms with E-state index in [2.05, 4.69) is 19.8 Å². The molecule has 0 radical (unpaired) electrons. The summed E-state index contributed by atoms with van der Waals surface area (Å²) >= 11 is 0. The fourth-order valence-corrected chi connectivity index (χ4v) is 4.15. The molecule has 0 saturated carbocycles. The summed E-state index contributed by atoms with van der Waals surface area (Å²) in [5.74, 6) is 0.447. The number of carbonyl (C=O) groups is 2. The van der Waals surface area contributed by atoms with Gasteiger partial charge >= 0.3 is 5.97 Å². The van der Waals surface area contributed by atoms with Gasteiger partial charge in [0, 0.05) is 31.9 Å². The quantitative estimate of drug-likeness (QED) is 0.497. The van der Waals surface area contributed by atoms with Crippen LogP contribution in [0.2, 0.25) is 0 Å². The van der Waals surface area contributed by atoms with Crippen molar-refractivity contribution in [2.45, 2.75) is 20.3 Å². The van der Waals surface area contributed by atoms with Crippen molar-refractivity contribution in [2.75, 3.05) is 44.7 Å². The molecule has 0 atom stereocenters. The highest BCUT2D eigenvalue weighted by atomic mass is 16.5. The molecule has 0 amide bonds. The summed E-state index contributed by atoms with van der Waals surface area (Å²) in [5, 5.41) is 0. The Kier molecular flexibility index (Phi) is 5.59. The van der Waals surface area contributed by atoms with Gasteiger partial charge in [-0.25, -0.2) is 9.78 Å². The summed E-state index contributed by atoms with van der Waals surface area (Å²) in [6.45, 7) is 7.18. The number of nitrogens with zero attached hydrogens (tertiary/aromatic N) is 3. The Morgan fingerprint density at radius 1 is 1.10 bits per heavy atom. The number of aryl methyl sites for hydroxylation is 1. The molecule has 1 aliphatic rings. The Labute approximate surface area is 175 Å². The number of para-hydroxylation sites is 2. The van der Waals surface area contributed by atoms with Crippen LogP contribution in [-0.4, -0.2) is 71.4 Å². The van der Waals surface area contributed by atoms with Crippen LogP contribution in [0, 0.1) is 13.8 Å². The Morgan fingerprint density at radius 2 is 1.90 bits per heavy atom. The van der Waals surface area contributed by atoms with Crippen LogP contribution >= 0.6 is 0 Å². The maximum Gasteiger partial charge on any atom is 0.339 e. The summed E-state index contributed by atoms with van der Waals surface area (Å²) in [4.78, 5) is 40.5. The minimum atomic E-state index is -0.420. The molecule has 0 unspecified atom stereocenters. The molecule has 1 aliphatic heterocycles. The Hall–Kier alpha value is -3.13. The molecule has 0 bridgehead atoms. The normalized spacial score (nSPS) is 15.4. The summed E-state index contributed by atoms with van der Waals surface area (Å²) < 4.78 is 4.84. The molecule has 158 valence electrons. The molecule has 0 spiro atoms. The van der Waals surface area contributed by atoms with Gasteiger partial charge in [-0.05, 0) is 38.0 Å². The topological polar surface area (TPSA) is 94.3 Å². The van der Waals surface area contributed by atoms with Crippen LogP contribution in [-0.2, 0) is 4.74 Å². The van der Waals surface area contributed by atoms with Crippen LogP contribution in [0.3, 0.4) is 0 Å². The number of rotatable bonds is 5. The number of esters is 1. The third-order valence-electron chi connectivity index (χ3n) is 5.74. The number of anilines is 1.